The van der Waals surface area contributed by atoms with E-state index in [0.717, 1.165) is 22.2 Å². The summed E-state index contributed by atoms with van der Waals surface area (Å²) >= 11 is 9.35. The quantitative estimate of drug-likeness (QED) is 0.249. The smallest absolute Gasteiger partial charge is 0.433 e. The van der Waals surface area contributed by atoms with Gasteiger partial charge >= 0.3 is 6.18 Å². The summed E-state index contributed by atoms with van der Waals surface area (Å²) in [5, 5.41) is 12.6. The zero-order chi connectivity index (χ0) is 33.4. The van der Waals surface area contributed by atoms with Gasteiger partial charge in [0.05, 0.1) is 35.6 Å². The number of aromatic nitrogens is 1. The molecule has 1 aliphatic heterocycles. The first-order valence-electron chi connectivity index (χ1n) is 13.9. The van der Waals surface area contributed by atoms with E-state index in [9.17, 15) is 37.5 Å². The SMILES string of the molecule is COc1cc(O)c([C@H]2C3=CC[C@@H]4C(=O)N(N(C)c5nc(C(F)(F)F)ccc5Cl)C(=O)[C@@H]4[C@@H]3CC3=C2C(=O)C=C(Br)C3=O)c(OC)c1. The molecule has 6 rings (SSSR count). The number of carbonyl (C=O) groups excluding carboxylic acids is 4. The Bertz CT molecular complexity index is 1840. The van der Waals surface area contributed by atoms with Gasteiger partial charge in [0.25, 0.3) is 11.8 Å². The minimum Gasteiger partial charge on any atom is -0.507 e. The number of benzene rings is 1. The largest absolute Gasteiger partial charge is 0.507 e. The number of methoxy groups -OCH3 is 2. The van der Waals surface area contributed by atoms with Crippen molar-refractivity contribution in [2.24, 2.45) is 17.8 Å². The van der Waals surface area contributed by atoms with Crippen LogP contribution in [0.2, 0.25) is 5.02 Å². The van der Waals surface area contributed by atoms with Crippen LogP contribution in [0, 0.1) is 17.8 Å². The molecular formula is C31H24BrClF3N3O7. The molecule has 1 N–H and O–H groups in total. The molecule has 240 valence electrons. The highest BCUT2D eigenvalue weighted by Gasteiger charge is 2.58. The van der Waals surface area contributed by atoms with Crippen molar-refractivity contribution < 1.29 is 46.9 Å². The molecule has 46 heavy (non-hydrogen) atoms. The van der Waals surface area contributed by atoms with Gasteiger partial charge in [-0.05, 0) is 46.8 Å². The van der Waals surface area contributed by atoms with Crippen molar-refractivity contribution in [2.45, 2.75) is 24.9 Å². The van der Waals surface area contributed by atoms with Crippen LogP contribution in [0.4, 0.5) is 19.0 Å². The molecule has 4 aliphatic rings. The van der Waals surface area contributed by atoms with E-state index in [1.807, 2.05) is 0 Å². The zero-order valence-corrected chi connectivity index (χ0v) is 26.7. The summed E-state index contributed by atoms with van der Waals surface area (Å²) in [5.41, 5.74) is -0.352. The van der Waals surface area contributed by atoms with Crippen LogP contribution in [0.1, 0.15) is 30.0 Å². The Morgan fingerprint density at radius 1 is 1.09 bits per heavy atom. The molecule has 1 aromatic heterocycles. The van der Waals surface area contributed by atoms with Crippen molar-refractivity contribution in [1.29, 1.82) is 0 Å². The second-order valence-electron chi connectivity index (χ2n) is 11.2. The van der Waals surface area contributed by atoms with Crippen molar-refractivity contribution in [3.05, 3.63) is 73.9 Å². The van der Waals surface area contributed by atoms with Crippen LogP contribution in [0.15, 0.2) is 57.6 Å². The van der Waals surface area contributed by atoms with E-state index in [0.29, 0.717) is 11.6 Å². The number of nitrogens with zero attached hydrogens (tertiary/aromatic N) is 3. The first-order chi connectivity index (χ1) is 21.7. The number of pyridine rings is 1. The average molecular weight is 723 g/mol. The summed E-state index contributed by atoms with van der Waals surface area (Å²) in [7, 11) is 3.97. The molecule has 15 heteroatoms. The van der Waals surface area contributed by atoms with E-state index in [1.165, 1.54) is 33.4 Å². The number of ketones is 2. The number of alkyl halides is 3. The molecule has 2 amide bonds. The van der Waals surface area contributed by atoms with Crippen LogP contribution >= 0.6 is 27.5 Å². The molecule has 0 unspecified atom stereocenters. The highest BCUT2D eigenvalue weighted by molar-refractivity contribution is 9.12. The van der Waals surface area contributed by atoms with Crippen molar-refractivity contribution in [2.75, 3.05) is 26.3 Å². The number of hydrogen-bond donors (Lipinski definition) is 1. The molecule has 0 saturated carbocycles. The standard InChI is InChI=1S/C31H24BrClF3N3O7/c1-38(28-18(33)6-7-22(37-28)31(34,35)36)39-29(43)14-5-4-13-15(23(14)30(39)44)10-16-24(20(41)11-17(32)27(16)42)25(13)26-19(40)8-12(45-2)9-21(26)46-3/h4,6-9,11,14-15,23,25,40H,5,10H2,1-3H3/t14-,15+,23-,25-/m0/s1. The number of halogens is 5. The maximum absolute atomic E-state index is 14.2. The third kappa shape index (κ3) is 4.80. The van der Waals surface area contributed by atoms with E-state index < -0.39 is 64.7 Å². The Kier molecular flexibility index (Phi) is 7.79. The van der Waals surface area contributed by atoms with Gasteiger partial charge in [-0.25, -0.2) is 4.98 Å². The van der Waals surface area contributed by atoms with Crippen molar-refractivity contribution in [3.8, 4) is 17.2 Å². The molecule has 2 aromatic rings. The number of hydrogen-bond acceptors (Lipinski definition) is 9. The monoisotopic (exact) mass is 721 g/mol. The first kappa shape index (κ1) is 31.8. The first-order valence-corrected chi connectivity index (χ1v) is 15.1. The zero-order valence-electron chi connectivity index (χ0n) is 24.3. The summed E-state index contributed by atoms with van der Waals surface area (Å²) in [6, 6.07) is 4.52. The minimum atomic E-state index is -4.81. The lowest BCUT2D eigenvalue weighted by molar-refractivity contribution is -0.141. The fraction of sp³-hybridized carbons (Fsp3) is 0.323. The number of carbonyl (C=O) groups is 4. The molecule has 0 radical (unpaired) electrons. The molecule has 1 aromatic carbocycles. The minimum absolute atomic E-state index is 0.0150. The Morgan fingerprint density at radius 2 is 1.80 bits per heavy atom. The Labute approximate surface area is 273 Å². The number of phenolic OH excluding ortho intramolecular Hbond substituents is 1. The molecule has 0 bridgehead atoms. The van der Waals surface area contributed by atoms with Gasteiger partial charge < -0.3 is 14.6 Å². The van der Waals surface area contributed by atoms with Crippen LogP contribution in [0.5, 0.6) is 17.2 Å². The summed E-state index contributed by atoms with van der Waals surface area (Å²) in [4.78, 5) is 58.6. The third-order valence-electron chi connectivity index (χ3n) is 8.87. The van der Waals surface area contributed by atoms with E-state index in [2.05, 4.69) is 20.9 Å². The molecule has 4 atom stereocenters. The predicted octanol–water partition coefficient (Wildman–Crippen LogP) is 5.29. The lowest BCUT2D eigenvalue weighted by atomic mass is 9.59. The molecular weight excluding hydrogens is 699 g/mol. The number of anilines is 1. The van der Waals surface area contributed by atoms with Gasteiger partial charge in [0.1, 0.15) is 22.9 Å². The summed E-state index contributed by atoms with van der Waals surface area (Å²) < 4.78 is 51.3. The highest BCUT2D eigenvalue weighted by Crippen LogP contribution is 2.58. The number of imide groups is 1. The lowest BCUT2D eigenvalue weighted by Crippen LogP contribution is -2.46. The van der Waals surface area contributed by atoms with E-state index in [-0.39, 0.29) is 56.3 Å². The number of hydrazine groups is 1. The Morgan fingerprint density at radius 3 is 2.46 bits per heavy atom. The van der Waals surface area contributed by atoms with Crippen molar-refractivity contribution in [1.82, 2.24) is 9.99 Å². The molecule has 3 aliphatic carbocycles. The van der Waals surface area contributed by atoms with E-state index in [1.54, 1.807) is 6.08 Å². The number of allylic oxidation sites excluding steroid dienone is 6. The molecule has 0 spiro atoms. The van der Waals surface area contributed by atoms with Crippen LogP contribution < -0.4 is 14.5 Å². The highest BCUT2D eigenvalue weighted by atomic mass is 79.9. The molecule has 2 heterocycles. The Hall–Kier alpha value is -4.17. The van der Waals surface area contributed by atoms with Crippen LogP contribution in [-0.2, 0) is 25.4 Å². The van der Waals surface area contributed by atoms with Crippen LogP contribution in [0.25, 0.3) is 0 Å². The number of amides is 2. The number of Topliss-reactive ketones (excluding diaryl/α,β-unsaturated/α-hetero) is 1. The van der Waals surface area contributed by atoms with Gasteiger partial charge in [-0.2, -0.15) is 18.2 Å². The third-order valence-corrected chi connectivity index (χ3v) is 9.75. The summed E-state index contributed by atoms with van der Waals surface area (Å²) in [6.45, 7) is 0. The van der Waals surface area contributed by atoms with Crippen molar-refractivity contribution >= 4 is 56.7 Å². The second kappa shape index (κ2) is 11.3. The molecule has 10 nitrogen and oxygen atoms in total. The van der Waals surface area contributed by atoms with E-state index >= 15 is 0 Å². The number of phenols is 1. The van der Waals surface area contributed by atoms with Gasteiger partial charge in [-0.3, -0.25) is 24.2 Å². The van der Waals surface area contributed by atoms with Gasteiger partial charge in [0, 0.05) is 47.9 Å². The van der Waals surface area contributed by atoms with Gasteiger partial charge in [0.15, 0.2) is 17.4 Å². The maximum atomic E-state index is 14.2. The van der Waals surface area contributed by atoms with Gasteiger partial charge in [0.2, 0.25) is 0 Å². The van der Waals surface area contributed by atoms with E-state index in [4.69, 9.17) is 21.1 Å². The maximum Gasteiger partial charge on any atom is 0.433 e. The number of fused-ring (bicyclic) bond motifs is 3. The number of ether oxygens (including phenoxy) is 2. The van der Waals surface area contributed by atoms with Crippen molar-refractivity contribution in [3.63, 3.8) is 0 Å². The number of aromatic hydroxyl groups is 1. The fourth-order valence-corrected chi connectivity index (χ4v) is 7.57. The average Bonchev–Trinajstić information content (AvgIpc) is 3.27. The Balaban J connectivity index is 1.47. The molecule has 1 fully saturated rings. The van der Waals surface area contributed by atoms with Crippen LogP contribution in [0.3, 0.4) is 0 Å². The molecule has 1 saturated heterocycles. The summed E-state index contributed by atoms with van der Waals surface area (Å²) in [6.07, 6.45) is -1.98. The van der Waals surface area contributed by atoms with Crippen LogP contribution in [-0.4, -0.2) is 59.7 Å². The topological polar surface area (TPSA) is 126 Å². The lowest BCUT2D eigenvalue weighted by Gasteiger charge is -2.42. The predicted molar refractivity (Wildman–Crippen MR) is 160 cm³/mol. The number of rotatable bonds is 5. The summed E-state index contributed by atoms with van der Waals surface area (Å²) in [5.74, 6) is -6.53. The second-order valence-corrected chi connectivity index (χ2v) is 12.4. The fourth-order valence-electron chi connectivity index (χ4n) is 6.89. The van der Waals surface area contributed by atoms with Gasteiger partial charge in [-0.1, -0.05) is 23.3 Å². The van der Waals surface area contributed by atoms with Gasteiger partial charge in [-0.15, -0.1) is 0 Å². The normalized spacial score (nSPS) is 24.3.